The molecule has 3 fully saturated rings. The lowest BCUT2D eigenvalue weighted by Crippen LogP contribution is -2.57. The molecule has 6 atom stereocenters. The van der Waals surface area contributed by atoms with Crippen LogP contribution in [0.1, 0.15) is 58.6 Å². The normalized spacial score (nSPS) is 24.5. The second-order valence-corrected chi connectivity index (χ2v) is 14.3. The van der Waals surface area contributed by atoms with Crippen molar-refractivity contribution < 1.29 is 29.0 Å². The van der Waals surface area contributed by atoms with Crippen molar-refractivity contribution in [2.45, 2.75) is 70.2 Å². The van der Waals surface area contributed by atoms with Gasteiger partial charge in [0.05, 0.1) is 36.7 Å². The summed E-state index contributed by atoms with van der Waals surface area (Å²) in [7, 11) is 0. The van der Waals surface area contributed by atoms with E-state index in [-0.39, 0.29) is 30.8 Å². The minimum absolute atomic E-state index is 0.185. The third kappa shape index (κ3) is 6.49. The number of likely N-dealkylation sites (tertiary alicyclic amines) is 1. The third-order valence-corrected chi connectivity index (χ3v) is 11.7. The highest BCUT2D eigenvalue weighted by atomic mass is 16.5. The zero-order chi connectivity index (χ0) is 38.6. The molecule has 0 saturated carbocycles. The summed E-state index contributed by atoms with van der Waals surface area (Å²) >= 11 is 0. The zero-order valence-electron chi connectivity index (χ0n) is 32.0. The Morgan fingerprint density at radius 1 is 0.870 bits per heavy atom. The smallest absolute Gasteiger partial charge is 0.253 e. The van der Waals surface area contributed by atoms with Crippen molar-refractivity contribution in [3.05, 3.63) is 110 Å². The van der Waals surface area contributed by atoms with Gasteiger partial charge in [0.2, 0.25) is 11.8 Å². The molecule has 2 bridgehead atoms. The van der Waals surface area contributed by atoms with E-state index in [0.717, 1.165) is 18.8 Å². The first-order chi connectivity index (χ1) is 26.2. The van der Waals surface area contributed by atoms with Gasteiger partial charge in [-0.3, -0.25) is 14.4 Å². The first-order valence-corrected chi connectivity index (χ1v) is 19.3. The molecule has 1 spiro atoms. The Kier molecular flexibility index (Phi) is 11.6. The van der Waals surface area contributed by atoms with Gasteiger partial charge in [0, 0.05) is 43.2 Å². The molecule has 3 amide bonds. The first-order valence-electron chi connectivity index (χ1n) is 19.3. The lowest BCUT2D eigenvalue weighted by atomic mass is 9.64. The van der Waals surface area contributed by atoms with Crippen molar-refractivity contribution in [1.82, 2.24) is 4.90 Å². The predicted octanol–water partition coefficient (Wildman–Crippen LogP) is 6.56. The largest absolute Gasteiger partial charge is 0.494 e. The molecule has 3 aliphatic rings. The molecule has 10 nitrogen and oxygen atoms in total. The summed E-state index contributed by atoms with van der Waals surface area (Å²) in [4.78, 5) is 52.9. The summed E-state index contributed by atoms with van der Waals surface area (Å²) in [6.45, 7) is 18.2. The second kappa shape index (κ2) is 16.2. The number of hydrogen-bond donors (Lipinski definition) is 1. The number of amides is 3. The van der Waals surface area contributed by atoms with Gasteiger partial charge in [0.1, 0.15) is 17.4 Å². The van der Waals surface area contributed by atoms with Crippen LogP contribution in [0.3, 0.4) is 0 Å². The molecule has 3 aromatic carbocycles. The Balaban J connectivity index is 1.48. The average molecular weight is 735 g/mol. The van der Waals surface area contributed by atoms with Crippen molar-refractivity contribution in [1.29, 1.82) is 0 Å². The molecule has 1 N–H and O–H groups in total. The number of rotatable bonds is 17. The standard InChI is InChI=1S/C44H54N4O6/c1-7-28-46(34-22-24-35(25-23-34)53-12-6)40(50)37-38-41(51)48(36(30-49)31-16-14-13-15-17-31)39(44(38)27-26-43(37,9-3)54-44)42(52)47(29-8-2)33-20-18-32(19-21-33)45(10-4)11-5/h7-8,13-25,36-39,49H,1-2,9-12,26-30H2,3-6H3/t36-,37+,38+,39?,43-,44?/m1/s1. The molecule has 6 rings (SSSR count). The Morgan fingerprint density at radius 2 is 1.44 bits per heavy atom. The van der Waals surface area contributed by atoms with Gasteiger partial charge in [-0.25, -0.2) is 0 Å². The molecule has 3 aliphatic heterocycles. The first kappa shape index (κ1) is 38.8. The summed E-state index contributed by atoms with van der Waals surface area (Å²) in [5.74, 6) is -2.13. The van der Waals surface area contributed by atoms with Crippen LogP contribution in [0.4, 0.5) is 17.1 Å². The van der Waals surface area contributed by atoms with Gasteiger partial charge in [0.15, 0.2) is 0 Å². The lowest BCUT2D eigenvalue weighted by Gasteiger charge is -2.40. The maximum absolute atomic E-state index is 15.4. The molecule has 10 heteroatoms. The van der Waals surface area contributed by atoms with E-state index in [2.05, 4.69) is 31.9 Å². The molecule has 3 aromatic rings. The summed E-state index contributed by atoms with van der Waals surface area (Å²) in [6.07, 6.45) is 4.73. The van der Waals surface area contributed by atoms with Gasteiger partial charge in [-0.2, -0.15) is 0 Å². The van der Waals surface area contributed by atoms with E-state index in [1.165, 1.54) is 4.90 Å². The third-order valence-electron chi connectivity index (χ3n) is 11.7. The van der Waals surface area contributed by atoms with E-state index in [9.17, 15) is 5.11 Å². The van der Waals surface area contributed by atoms with Gasteiger partial charge in [-0.1, -0.05) is 49.4 Å². The minimum atomic E-state index is -1.31. The van der Waals surface area contributed by atoms with Crippen molar-refractivity contribution in [3.63, 3.8) is 0 Å². The summed E-state index contributed by atoms with van der Waals surface area (Å²) in [5.41, 5.74) is 0.739. The quantitative estimate of drug-likeness (QED) is 0.157. The molecule has 286 valence electrons. The predicted molar refractivity (Wildman–Crippen MR) is 213 cm³/mol. The highest BCUT2D eigenvalue weighted by molar-refractivity contribution is 6.07. The second-order valence-electron chi connectivity index (χ2n) is 14.3. The van der Waals surface area contributed by atoms with Gasteiger partial charge >= 0.3 is 0 Å². The number of nitrogens with zero attached hydrogens (tertiary/aromatic N) is 4. The van der Waals surface area contributed by atoms with E-state index in [1.54, 1.807) is 22.0 Å². The fourth-order valence-corrected chi connectivity index (χ4v) is 9.22. The van der Waals surface area contributed by atoms with Crippen LogP contribution in [0.25, 0.3) is 0 Å². The van der Waals surface area contributed by atoms with Crippen molar-refractivity contribution in [3.8, 4) is 5.75 Å². The summed E-state index contributed by atoms with van der Waals surface area (Å²) in [5, 5.41) is 11.0. The number of aliphatic hydroxyl groups is 1. The highest BCUT2D eigenvalue weighted by Crippen LogP contribution is 2.65. The topological polar surface area (TPSA) is 103 Å². The van der Waals surface area contributed by atoms with Crippen molar-refractivity contribution in [2.24, 2.45) is 11.8 Å². The molecule has 3 saturated heterocycles. The van der Waals surface area contributed by atoms with E-state index >= 15 is 14.4 Å². The minimum Gasteiger partial charge on any atom is -0.494 e. The van der Waals surface area contributed by atoms with E-state index in [0.29, 0.717) is 48.6 Å². The fraction of sp³-hybridized carbons (Fsp3) is 0.432. The van der Waals surface area contributed by atoms with Crippen molar-refractivity contribution in [2.75, 3.05) is 54.1 Å². The van der Waals surface area contributed by atoms with Crippen LogP contribution < -0.4 is 19.4 Å². The van der Waals surface area contributed by atoms with Crippen LogP contribution in [0.5, 0.6) is 5.75 Å². The fourth-order valence-electron chi connectivity index (χ4n) is 9.22. The molecule has 0 radical (unpaired) electrons. The van der Waals surface area contributed by atoms with Crippen LogP contribution in [0.15, 0.2) is 104 Å². The van der Waals surface area contributed by atoms with Crippen LogP contribution in [0, 0.1) is 11.8 Å². The highest BCUT2D eigenvalue weighted by Gasteiger charge is 2.79. The van der Waals surface area contributed by atoms with E-state index in [1.807, 2.05) is 92.7 Å². The molecular formula is C44H54N4O6. The van der Waals surface area contributed by atoms with Gasteiger partial charge < -0.3 is 34.2 Å². The van der Waals surface area contributed by atoms with Gasteiger partial charge in [-0.05, 0) is 94.1 Å². The Hall–Kier alpha value is -4.93. The molecule has 0 aliphatic carbocycles. The van der Waals surface area contributed by atoms with Gasteiger partial charge in [0.25, 0.3) is 5.91 Å². The molecule has 2 unspecified atom stereocenters. The molecular weight excluding hydrogens is 681 g/mol. The maximum Gasteiger partial charge on any atom is 0.253 e. The van der Waals surface area contributed by atoms with Crippen LogP contribution in [-0.2, 0) is 19.1 Å². The zero-order valence-corrected chi connectivity index (χ0v) is 32.0. The van der Waals surface area contributed by atoms with Gasteiger partial charge in [-0.15, -0.1) is 13.2 Å². The van der Waals surface area contributed by atoms with E-state index < -0.39 is 41.7 Å². The number of anilines is 3. The molecule has 3 heterocycles. The van der Waals surface area contributed by atoms with Crippen LogP contribution in [0.2, 0.25) is 0 Å². The van der Waals surface area contributed by atoms with Crippen LogP contribution in [-0.4, -0.2) is 84.4 Å². The number of ether oxygens (including phenoxy) is 2. The SMILES string of the molecule is C=CCN(C(=O)C1N([C@H](CO)c2ccccc2)C(=O)[C@@H]2[C@@H](C(=O)N(CC=C)c3ccc(OCC)cc3)[C@@]3(CC)CCC12O3)c1ccc(N(CC)CC)cc1. The number of aliphatic hydroxyl groups excluding tert-OH is 1. The average Bonchev–Trinajstić information content (AvgIpc) is 3.81. The maximum atomic E-state index is 15.4. The van der Waals surface area contributed by atoms with Crippen molar-refractivity contribution >= 4 is 34.8 Å². The number of fused-ring (bicyclic) bond motifs is 1. The summed E-state index contributed by atoms with van der Waals surface area (Å²) in [6, 6.07) is 22.4. The Labute approximate surface area is 319 Å². The van der Waals surface area contributed by atoms with Crippen LogP contribution >= 0.6 is 0 Å². The number of benzene rings is 3. The number of carbonyl (C=O) groups excluding carboxylic acids is 3. The van der Waals surface area contributed by atoms with E-state index in [4.69, 9.17) is 9.47 Å². The Morgan fingerprint density at radius 3 is 1.98 bits per heavy atom. The monoisotopic (exact) mass is 734 g/mol. The molecule has 54 heavy (non-hydrogen) atoms. The number of hydrogen-bond acceptors (Lipinski definition) is 7. The molecule has 0 aromatic heterocycles. The Bertz CT molecular complexity index is 1810. The summed E-state index contributed by atoms with van der Waals surface area (Å²) < 4.78 is 12.8. The number of carbonyl (C=O) groups is 3. The lowest BCUT2D eigenvalue weighted by molar-refractivity contribution is -0.149.